The lowest BCUT2D eigenvalue weighted by Crippen LogP contribution is -2.42. The third kappa shape index (κ3) is 5.14. The average Bonchev–Trinajstić information content (AvgIpc) is 2.93. The fourth-order valence-corrected chi connectivity index (χ4v) is 4.51. The van der Waals surface area contributed by atoms with Crippen molar-refractivity contribution in [2.45, 2.75) is 20.0 Å². The van der Waals surface area contributed by atoms with Crippen LogP contribution >= 0.6 is 23.2 Å². The highest BCUT2D eigenvalue weighted by Gasteiger charge is 2.30. The molecule has 3 aromatic rings. The highest BCUT2D eigenvalue weighted by Crippen LogP contribution is 2.33. The molecule has 0 fully saturated rings. The molecular formula is C25H22Cl2N4O4. The predicted molar refractivity (Wildman–Crippen MR) is 135 cm³/mol. The van der Waals surface area contributed by atoms with Gasteiger partial charge in [-0.25, -0.2) is 9.98 Å². The molecule has 0 aliphatic carbocycles. The Morgan fingerprint density at radius 2 is 1.89 bits per heavy atom. The first kappa shape index (κ1) is 24.7. The number of amides is 2. The van der Waals surface area contributed by atoms with E-state index in [9.17, 15) is 9.59 Å². The van der Waals surface area contributed by atoms with Crippen LogP contribution in [-0.4, -0.2) is 47.0 Å². The number of nitrogens with one attached hydrogen (secondary N) is 2. The molecule has 8 nitrogen and oxygen atoms in total. The number of aryl methyl sites for hydroxylation is 2. The van der Waals surface area contributed by atoms with Gasteiger partial charge in [-0.15, -0.1) is 0 Å². The first-order valence-corrected chi connectivity index (χ1v) is 11.5. The van der Waals surface area contributed by atoms with E-state index in [2.05, 4.69) is 20.6 Å². The zero-order chi connectivity index (χ0) is 25.1. The van der Waals surface area contributed by atoms with Crippen LogP contribution in [0.15, 0.2) is 53.7 Å². The predicted octanol–water partition coefficient (Wildman–Crippen LogP) is 3.92. The minimum Gasteiger partial charge on any atom is -0.475 e. The second-order valence-electron chi connectivity index (χ2n) is 7.87. The molecule has 0 spiro atoms. The average molecular weight is 513 g/mol. The van der Waals surface area contributed by atoms with E-state index in [-0.39, 0.29) is 24.7 Å². The van der Waals surface area contributed by atoms with Gasteiger partial charge in [-0.2, -0.15) is 0 Å². The molecule has 1 aromatic heterocycles. The van der Waals surface area contributed by atoms with Crippen LogP contribution in [0.1, 0.15) is 32.6 Å². The number of benzene rings is 2. The van der Waals surface area contributed by atoms with E-state index in [4.69, 9.17) is 33.0 Å². The number of anilines is 1. The maximum Gasteiger partial charge on any atom is 0.269 e. The number of pyridine rings is 1. The van der Waals surface area contributed by atoms with Crippen LogP contribution in [0.2, 0.25) is 10.0 Å². The number of nitrogens with zero attached hydrogens (tertiary/aromatic N) is 2. The molecule has 1 atom stereocenters. The van der Waals surface area contributed by atoms with Gasteiger partial charge in [-0.05, 0) is 49.2 Å². The van der Waals surface area contributed by atoms with Crippen LogP contribution < -0.4 is 15.4 Å². The molecule has 10 heteroatoms. The molecule has 0 saturated heterocycles. The van der Waals surface area contributed by atoms with Gasteiger partial charge in [0.05, 0.1) is 28.1 Å². The number of para-hydroxylation sites is 1. The number of aromatic nitrogens is 1. The molecule has 4 rings (SSSR count). The zero-order valence-electron chi connectivity index (χ0n) is 18.9. The molecule has 0 bridgehead atoms. The maximum absolute atomic E-state index is 13.3. The molecule has 0 saturated carbocycles. The van der Waals surface area contributed by atoms with Crippen LogP contribution in [0.3, 0.4) is 0 Å². The van der Waals surface area contributed by atoms with Crippen molar-refractivity contribution in [3.05, 3.63) is 86.5 Å². The van der Waals surface area contributed by atoms with Crippen molar-refractivity contribution in [1.82, 2.24) is 10.3 Å². The first-order valence-electron chi connectivity index (χ1n) is 10.7. The Labute approximate surface area is 212 Å². The SMILES string of the molecule is Cc1cc(Cl)c(C2=NC(NC(=O)c3c(C)ccnc3OCCO)C(=O)Nc3ccccc32)c(Cl)c1. The van der Waals surface area contributed by atoms with E-state index in [0.29, 0.717) is 38.1 Å². The van der Waals surface area contributed by atoms with Gasteiger partial charge in [-0.3, -0.25) is 9.59 Å². The minimum absolute atomic E-state index is 0.0390. The van der Waals surface area contributed by atoms with Gasteiger partial charge in [0.25, 0.3) is 11.8 Å². The van der Waals surface area contributed by atoms with E-state index < -0.39 is 18.0 Å². The summed E-state index contributed by atoms with van der Waals surface area (Å²) >= 11 is 13.1. The summed E-state index contributed by atoms with van der Waals surface area (Å²) in [7, 11) is 0. The molecule has 3 N–H and O–H groups in total. The molecule has 180 valence electrons. The van der Waals surface area contributed by atoms with Crippen LogP contribution in [0.4, 0.5) is 5.69 Å². The summed E-state index contributed by atoms with van der Waals surface area (Å²) in [5, 5.41) is 15.3. The van der Waals surface area contributed by atoms with Crippen LogP contribution in [0.25, 0.3) is 0 Å². The van der Waals surface area contributed by atoms with E-state index in [1.165, 1.54) is 6.20 Å². The summed E-state index contributed by atoms with van der Waals surface area (Å²) in [6.07, 6.45) is 0.189. The molecule has 2 aromatic carbocycles. The summed E-state index contributed by atoms with van der Waals surface area (Å²) in [5.41, 5.74) is 3.51. The molecule has 1 unspecified atom stereocenters. The smallest absolute Gasteiger partial charge is 0.269 e. The highest BCUT2D eigenvalue weighted by atomic mass is 35.5. The number of rotatable bonds is 6. The second kappa shape index (κ2) is 10.4. The molecule has 1 aliphatic heterocycles. The number of carbonyl (C=O) groups excluding carboxylic acids is 2. The van der Waals surface area contributed by atoms with Crippen molar-refractivity contribution in [2.24, 2.45) is 4.99 Å². The largest absolute Gasteiger partial charge is 0.475 e. The number of aliphatic hydroxyl groups is 1. The number of aliphatic hydroxyl groups excluding tert-OH is 1. The standard InChI is InChI=1S/C25H22Cl2N4O4/c1-13-11-16(26)20(17(27)12-13)21-15-5-3-4-6-18(15)29-24(34)22(30-21)31-23(33)19-14(2)7-8-28-25(19)35-10-9-32/h3-8,11-12,22,32H,9-10H2,1-2H3,(H,29,34)(H,31,33). The van der Waals surface area contributed by atoms with Crippen molar-refractivity contribution in [2.75, 3.05) is 18.5 Å². The Balaban J connectivity index is 1.79. The van der Waals surface area contributed by atoms with Gasteiger partial charge >= 0.3 is 0 Å². The molecule has 35 heavy (non-hydrogen) atoms. The number of hydrogen-bond donors (Lipinski definition) is 3. The summed E-state index contributed by atoms with van der Waals surface area (Å²) in [4.78, 5) is 35.1. The van der Waals surface area contributed by atoms with Crippen molar-refractivity contribution >= 4 is 46.4 Å². The summed E-state index contributed by atoms with van der Waals surface area (Å²) < 4.78 is 5.42. The van der Waals surface area contributed by atoms with Crippen LogP contribution in [0, 0.1) is 13.8 Å². The van der Waals surface area contributed by atoms with Gasteiger partial charge in [-0.1, -0.05) is 41.4 Å². The summed E-state index contributed by atoms with van der Waals surface area (Å²) in [6, 6.07) is 12.3. The molecule has 2 heterocycles. The lowest BCUT2D eigenvalue weighted by Gasteiger charge is -2.16. The van der Waals surface area contributed by atoms with Crippen molar-refractivity contribution in [3.8, 4) is 5.88 Å². The highest BCUT2D eigenvalue weighted by molar-refractivity contribution is 6.42. The topological polar surface area (TPSA) is 113 Å². The first-order chi connectivity index (χ1) is 16.8. The lowest BCUT2D eigenvalue weighted by atomic mass is 9.99. The molecular weight excluding hydrogens is 491 g/mol. The van der Waals surface area contributed by atoms with Gasteiger partial charge in [0, 0.05) is 17.3 Å². The fourth-order valence-electron chi connectivity index (χ4n) is 3.74. The molecule has 1 aliphatic rings. The number of carbonyl (C=O) groups is 2. The van der Waals surface area contributed by atoms with Crippen LogP contribution in [-0.2, 0) is 4.79 Å². The molecule has 2 amide bonds. The van der Waals surface area contributed by atoms with Gasteiger partial charge in [0.1, 0.15) is 12.2 Å². The lowest BCUT2D eigenvalue weighted by molar-refractivity contribution is -0.117. The maximum atomic E-state index is 13.3. The molecule has 0 radical (unpaired) electrons. The van der Waals surface area contributed by atoms with Gasteiger partial charge in [0.15, 0.2) is 0 Å². The third-order valence-corrected chi connectivity index (χ3v) is 5.92. The fraction of sp³-hybridized carbons (Fsp3) is 0.200. The van der Waals surface area contributed by atoms with E-state index >= 15 is 0 Å². The number of benzodiazepines with no additional fused rings is 1. The number of ether oxygens (including phenoxy) is 1. The second-order valence-corrected chi connectivity index (χ2v) is 8.69. The number of fused-ring (bicyclic) bond motifs is 1. The Morgan fingerprint density at radius 1 is 1.17 bits per heavy atom. The van der Waals surface area contributed by atoms with E-state index in [1.807, 2.05) is 6.92 Å². The number of aliphatic imine (C=N–C) groups is 1. The quantitative estimate of drug-likeness (QED) is 0.463. The Hall–Kier alpha value is -3.46. The van der Waals surface area contributed by atoms with Gasteiger partial charge in [0.2, 0.25) is 12.0 Å². The van der Waals surface area contributed by atoms with Crippen molar-refractivity contribution in [1.29, 1.82) is 0 Å². The van der Waals surface area contributed by atoms with Crippen molar-refractivity contribution in [3.63, 3.8) is 0 Å². The third-order valence-electron chi connectivity index (χ3n) is 5.32. The normalized spacial score (nSPS) is 14.9. The number of hydrogen-bond acceptors (Lipinski definition) is 6. The van der Waals surface area contributed by atoms with Crippen LogP contribution in [0.5, 0.6) is 5.88 Å². The minimum atomic E-state index is -1.30. The summed E-state index contributed by atoms with van der Waals surface area (Å²) in [5.74, 6) is -1.11. The zero-order valence-corrected chi connectivity index (χ0v) is 20.4. The van der Waals surface area contributed by atoms with E-state index in [1.54, 1.807) is 49.4 Å². The summed E-state index contributed by atoms with van der Waals surface area (Å²) in [6.45, 7) is 3.30. The van der Waals surface area contributed by atoms with E-state index in [0.717, 1.165) is 5.56 Å². The Bertz CT molecular complexity index is 1320. The van der Waals surface area contributed by atoms with Gasteiger partial charge < -0.3 is 20.5 Å². The monoisotopic (exact) mass is 512 g/mol. The van der Waals surface area contributed by atoms with Crippen molar-refractivity contribution < 1.29 is 19.4 Å². The number of halogens is 2. The Morgan fingerprint density at radius 3 is 2.60 bits per heavy atom. The Kier molecular flexibility index (Phi) is 7.35.